The second kappa shape index (κ2) is 6.91. The molecule has 0 amide bonds. The molecule has 0 spiro atoms. The minimum atomic E-state index is -4.32. The Morgan fingerprint density at radius 3 is 2.26 bits per heavy atom. The van der Waals surface area contributed by atoms with E-state index in [1.807, 2.05) is 6.92 Å². The van der Waals surface area contributed by atoms with Crippen LogP contribution in [0, 0.1) is 5.92 Å². The van der Waals surface area contributed by atoms with Gasteiger partial charge in [-0.15, -0.1) is 0 Å². The summed E-state index contributed by atoms with van der Waals surface area (Å²) in [4.78, 5) is 0. The quantitative estimate of drug-likeness (QED) is 0.864. The van der Waals surface area contributed by atoms with Gasteiger partial charge in [-0.1, -0.05) is 19.1 Å². The van der Waals surface area contributed by atoms with E-state index >= 15 is 0 Å². The molecule has 0 saturated heterocycles. The van der Waals surface area contributed by atoms with E-state index in [2.05, 4.69) is 0 Å². The highest BCUT2D eigenvalue weighted by Gasteiger charge is 2.30. The van der Waals surface area contributed by atoms with E-state index in [0.717, 1.165) is 18.6 Å². The molecule has 108 valence electrons. The Hall–Kier alpha value is -1.07. The van der Waals surface area contributed by atoms with Gasteiger partial charge in [0.15, 0.2) is 0 Å². The van der Waals surface area contributed by atoms with Gasteiger partial charge in [0.2, 0.25) is 0 Å². The van der Waals surface area contributed by atoms with Crippen LogP contribution >= 0.6 is 0 Å². The first-order chi connectivity index (χ1) is 8.84. The minimum absolute atomic E-state index is 0.0437. The maximum Gasteiger partial charge on any atom is 0.416 e. The number of benzene rings is 1. The summed E-state index contributed by atoms with van der Waals surface area (Å²) < 4.78 is 42.1. The van der Waals surface area contributed by atoms with Crippen molar-refractivity contribution >= 4 is 0 Å². The van der Waals surface area contributed by atoms with Crippen LogP contribution in [0.25, 0.3) is 0 Å². The zero-order valence-electron chi connectivity index (χ0n) is 11.1. The van der Waals surface area contributed by atoms with Crippen molar-refractivity contribution in [2.45, 2.75) is 32.0 Å². The summed E-state index contributed by atoms with van der Waals surface area (Å²) in [6, 6.07) is 4.91. The third-order valence-electron chi connectivity index (χ3n) is 3.16. The number of aliphatic hydroxyl groups excluding tert-OH is 1. The molecule has 0 aliphatic carbocycles. The summed E-state index contributed by atoms with van der Waals surface area (Å²) in [7, 11) is 1.59. The lowest BCUT2D eigenvalue weighted by molar-refractivity contribution is -0.137. The van der Waals surface area contributed by atoms with Crippen molar-refractivity contribution in [1.29, 1.82) is 0 Å². The predicted octanol–water partition coefficient (Wildman–Crippen LogP) is 3.28. The third-order valence-corrected chi connectivity index (χ3v) is 3.16. The smallest absolute Gasteiger partial charge is 0.393 e. The molecule has 5 heteroatoms. The number of alkyl halides is 3. The minimum Gasteiger partial charge on any atom is -0.393 e. The van der Waals surface area contributed by atoms with E-state index in [9.17, 15) is 18.3 Å². The molecular formula is C14H19F3O2. The third kappa shape index (κ3) is 5.20. The summed E-state index contributed by atoms with van der Waals surface area (Å²) in [6.07, 6.45) is -3.82. The number of rotatable bonds is 6. The second-order valence-electron chi connectivity index (χ2n) is 4.72. The maximum absolute atomic E-state index is 12.4. The van der Waals surface area contributed by atoms with Gasteiger partial charge in [0.25, 0.3) is 0 Å². The van der Waals surface area contributed by atoms with Gasteiger partial charge < -0.3 is 9.84 Å². The zero-order valence-corrected chi connectivity index (χ0v) is 11.1. The van der Waals surface area contributed by atoms with Gasteiger partial charge in [0, 0.05) is 13.7 Å². The Balaban J connectivity index is 2.58. The molecular weight excluding hydrogens is 257 g/mol. The fourth-order valence-corrected chi connectivity index (χ4v) is 1.77. The fourth-order valence-electron chi connectivity index (χ4n) is 1.77. The number of hydrogen-bond acceptors (Lipinski definition) is 2. The molecule has 0 fully saturated rings. The molecule has 0 aliphatic heterocycles. The van der Waals surface area contributed by atoms with Crippen LogP contribution in [0.2, 0.25) is 0 Å². The van der Waals surface area contributed by atoms with Crippen LogP contribution in [0.3, 0.4) is 0 Å². The molecule has 1 aromatic carbocycles. The van der Waals surface area contributed by atoms with Gasteiger partial charge >= 0.3 is 6.18 Å². The van der Waals surface area contributed by atoms with Crippen molar-refractivity contribution in [1.82, 2.24) is 0 Å². The fraction of sp³-hybridized carbons (Fsp3) is 0.571. The van der Waals surface area contributed by atoms with E-state index in [0.29, 0.717) is 18.6 Å². The summed E-state index contributed by atoms with van der Waals surface area (Å²) in [5, 5.41) is 9.95. The average molecular weight is 276 g/mol. The SMILES string of the molecule is COCCC(C)C(O)Cc1ccc(C(F)(F)F)cc1. The molecule has 0 bridgehead atoms. The van der Waals surface area contributed by atoms with Crippen LogP contribution < -0.4 is 0 Å². The largest absolute Gasteiger partial charge is 0.416 e. The van der Waals surface area contributed by atoms with Gasteiger partial charge in [0.05, 0.1) is 11.7 Å². The van der Waals surface area contributed by atoms with Gasteiger partial charge in [-0.05, 0) is 36.5 Å². The van der Waals surface area contributed by atoms with Gasteiger partial charge in [0.1, 0.15) is 0 Å². The molecule has 0 aliphatic rings. The Bertz CT molecular complexity index is 373. The van der Waals surface area contributed by atoms with Crippen molar-refractivity contribution < 1.29 is 23.0 Å². The number of aliphatic hydroxyl groups is 1. The standard InChI is InChI=1S/C14H19F3O2/c1-10(7-8-19-2)13(18)9-11-3-5-12(6-4-11)14(15,16)17/h3-6,10,13,18H,7-9H2,1-2H3. The van der Waals surface area contributed by atoms with Crippen molar-refractivity contribution in [3.8, 4) is 0 Å². The van der Waals surface area contributed by atoms with E-state index in [4.69, 9.17) is 4.74 Å². The molecule has 2 nitrogen and oxygen atoms in total. The first kappa shape index (κ1) is 16.0. The Kier molecular flexibility index (Phi) is 5.82. The molecule has 1 rings (SSSR count). The van der Waals surface area contributed by atoms with Crippen molar-refractivity contribution in [2.75, 3.05) is 13.7 Å². The van der Waals surface area contributed by atoms with E-state index in [1.165, 1.54) is 12.1 Å². The van der Waals surface area contributed by atoms with Gasteiger partial charge in [-0.25, -0.2) is 0 Å². The molecule has 0 saturated carbocycles. The molecule has 0 radical (unpaired) electrons. The van der Waals surface area contributed by atoms with Crippen LogP contribution in [0.5, 0.6) is 0 Å². The second-order valence-corrected chi connectivity index (χ2v) is 4.72. The topological polar surface area (TPSA) is 29.5 Å². The van der Waals surface area contributed by atoms with E-state index < -0.39 is 17.8 Å². The molecule has 1 N–H and O–H groups in total. The lowest BCUT2D eigenvalue weighted by atomic mass is 9.95. The number of hydrogen-bond donors (Lipinski definition) is 1. The summed E-state index contributed by atoms with van der Waals surface area (Å²) >= 11 is 0. The van der Waals surface area contributed by atoms with E-state index in [-0.39, 0.29) is 5.92 Å². The van der Waals surface area contributed by atoms with Crippen LogP contribution in [0.4, 0.5) is 13.2 Å². The highest BCUT2D eigenvalue weighted by Crippen LogP contribution is 2.29. The van der Waals surface area contributed by atoms with Crippen molar-refractivity contribution in [3.63, 3.8) is 0 Å². The summed E-state index contributed by atoms with van der Waals surface area (Å²) in [6.45, 7) is 2.46. The Morgan fingerprint density at radius 1 is 1.21 bits per heavy atom. The zero-order chi connectivity index (χ0) is 14.5. The normalized spacial score (nSPS) is 15.3. The maximum atomic E-state index is 12.4. The Labute approximate surface area is 111 Å². The lowest BCUT2D eigenvalue weighted by Gasteiger charge is -2.18. The first-order valence-electron chi connectivity index (χ1n) is 6.17. The van der Waals surface area contributed by atoms with Gasteiger partial charge in [-0.2, -0.15) is 13.2 Å². The van der Waals surface area contributed by atoms with Crippen molar-refractivity contribution in [2.24, 2.45) is 5.92 Å². The molecule has 0 heterocycles. The number of ether oxygens (including phenoxy) is 1. The van der Waals surface area contributed by atoms with Crippen LogP contribution in [-0.2, 0) is 17.3 Å². The van der Waals surface area contributed by atoms with Crippen LogP contribution in [0.1, 0.15) is 24.5 Å². The summed E-state index contributed by atoms with van der Waals surface area (Å²) in [5.41, 5.74) is 0.0305. The van der Waals surface area contributed by atoms with Crippen molar-refractivity contribution in [3.05, 3.63) is 35.4 Å². The monoisotopic (exact) mass is 276 g/mol. The molecule has 2 unspecified atom stereocenters. The van der Waals surface area contributed by atoms with Crippen LogP contribution in [0.15, 0.2) is 24.3 Å². The lowest BCUT2D eigenvalue weighted by Crippen LogP contribution is -2.21. The highest BCUT2D eigenvalue weighted by molar-refractivity contribution is 5.25. The molecule has 0 aromatic heterocycles. The molecule has 2 atom stereocenters. The van der Waals surface area contributed by atoms with Crippen LogP contribution in [-0.4, -0.2) is 24.9 Å². The Morgan fingerprint density at radius 2 is 1.79 bits per heavy atom. The summed E-state index contributed by atoms with van der Waals surface area (Å²) in [5.74, 6) is 0.0437. The van der Waals surface area contributed by atoms with Gasteiger partial charge in [-0.3, -0.25) is 0 Å². The first-order valence-corrected chi connectivity index (χ1v) is 6.17. The molecule has 19 heavy (non-hydrogen) atoms. The molecule has 1 aromatic rings. The predicted molar refractivity (Wildman–Crippen MR) is 66.8 cm³/mol. The highest BCUT2D eigenvalue weighted by atomic mass is 19.4. The number of halogens is 3. The number of methoxy groups -OCH3 is 1. The average Bonchev–Trinajstić information content (AvgIpc) is 2.35. The van der Waals surface area contributed by atoms with E-state index in [1.54, 1.807) is 7.11 Å².